The number of fused-ring (bicyclic) bond motifs is 1. The molecule has 2 heterocycles. The van der Waals surface area contributed by atoms with E-state index in [2.05, 4.69) is 4.99 Å². The number of para-hydroxylation sites is 1. The van der Waals surface area contributed by atoms with Gasteiger partial charge in [-0.25, -0.2) is 14.6 Å². The van der Waals surface area contributed by atoms with Crippen LogP contribution in [0.25, 0.3) is 6.08 Å². The standard InChI is InChI=1S/C33H30N2O8S/c1-5-42-32(39)28-19(2)34-33-35(29(28)23-14-15-25(40-3)26(16-23)41-4)30(36)27(44-33)17-22-8-6-7-9-24(22)43-18-20-10-12-21(13-11-20)31(37)38/h6-17,29H,5,18H2,1-4H3,(H,37,38)/b27-17-/t29-/m0/s1. The van der Waals surface area contributed by atoms with Crippen LogP contribution in [0.1, 0.15) is 46.9 Å². The Morgan fingerprint density at radius 2 is 1.73 bits per heavy atom. The Labute approximate surface area is 256 Å². The van der Waals surface area contributed by atoms with Crippen molar-refractivity contribution in [1.82, 2.24) is 4.57 Å². The van der Waals surface area contributed by atoms with E-state index in [-0.39, 0.29) is 29.9 Å². The molecule has 1 N–H and O–H groups in total. The Morgan fingerprint density at radius 1 is 1.00 bits per heavy atom. The van der Waals surface area contributed by atoms with Gasteiger partial charge in [0.2, 0.25) is 0 Å². The summed E-state index contributed by atoms with van der Waals surface area (Å²) in [6.07, 6.45) is 1.74. The molecule has 10 nitrogen and oxygen atoms in total. The van der Waals surface area contributed by atoms with Crippen molar-refractivity contribution < 1.29 is 33.6 Å². The zero-order valence-corrected chi connectivity index (χ0v) is 25.3. The van der Waals surface area contributed by atoms with Crippen LogP contribution in [0.5, 0.6) is 17.2 Å². The third kappa shape index (κ3) is 6.00. The van der Waals surface area contributed by atoms with Gasteiger partial charge in [-0.05, 0) is 61.4 Å². The van der Waals surface area contributed by atoms with Crippen LogP contribution in [0.15, 0.2) is 87.8 Å². The monoisotopic (exact) mass is 614 g/mol. The number of carbonyl (C=O) groups is 2. The van der Waals surface area contributed by atoms with Gasteiger partial charge in [-0.2, -0.15) is 0 Å². The van der Waals surface area contributed by atoms with Crippen LogP contribution >= 0.6 is 11.3 Å². The summed E-state index contributed by atoms with van der Waals surface area (Å²) in [6.45, 7) is 3.81. The van der Waals surface area contributed by atoms with Crippen molar-refractivity contribution in [2.24, 2.45) is 4.99 Å². The summed E-state index contributed by atoms with van der Waals surface area (Å²) in [5.74, 6) is -0.0502. The SMILES string of the molecule is CCOC(=O)C1=C(C)N=c2s/c(=C\c3ccccc3OCc3ccc(C(=O)O)cc3)c(=O)n2[C@H]1c1ccc(OC)c(OC)c1. The number of thiazole rings is 1. The summed E-state index contributed by atoms with van der Waals surface area (Å²) < 4.78 is 24.3. The first-order valence-corrected chi connectivity index (χ1v) is 14.5. The van der Waals surface area contributed by atoms with Crippen molar-refractivity contribution in [2.75, 3.05) is 20.8 Å². The van der Waals surface area contributed by atoms with Gasteiger partial charge in [-0.1, -0.05) is 47.7 Å². The molecule has 1 aliphatic heterocycles. The molecular weight excluding hydrogens is 584 g/mol. The maximum absolute atomic E-state index is 14.1. The molecule has 0 radical (unpaired) electrons. The van der Waals surface area contributed by atoms with Crippen molar-refractivity contribution in [3.8, 4) is 17.2 Å². The Bertz CT molecular complexity index is 1940. The first-order valence-electron chi connectivity index (χ1n) is 13.7. The maximum Gasteiger partial charge on any atom is 0.338 e. The lowest BCUT2D eigenvalue weighted by Gasteiger charge is -2.25. The summed E-state index contributed by atoms with van der Waals surface area (Å²) >= 11 is 1.21. The second-order valence-corrected chi connectivity index (χ2v) is 10.8. The smallest absolute Gasteiger partial charge is 0.338 e. The third-order valence-corrected chi connectivity index (χ3v) is 8.02. The number of methoxy groups -OCH3 is 2. The van der Waals surface area contributed by atoms with E-state index >= 15 is 0 Å². The molecule has 0 fully saturated rings. The fourth-order valence-corrected chi connectivity index (χ4v) is 5.94. The number of hydrogen-bond donors (Lipinski definition) is 1. The molecule has 1 aromatic heterocycles. The maximum atomic E-state index is 14.1. The molecule has 0 bridgehead atoms. The number of nitrogens with zero attached hydrogens (tertiary/aromatic N) is 2. The Morgan fingerprint density at radius 3 is 2.41 bits per heavy atom. The van der Waals surface area contributed by atoms with Gasteiger partial charge in [0.1, 0.15) is 12.4 Å². The molecule has 0 saturated heterocycles. The van der Waals surface area contributed by atoms with Crippen molar-refractivity contribution in [2.45, 2.75) is 26.5 Å². The molecule has 226 valence electrons. The molecule has 1 atom stereocenters. The first-order chi connectivity index (χ1) is 21.2. The molecule has 4 aromatic rings. The van der Waals surface area contributed by atoms with E-state index in [1.54, 1.807) is 56.3 Å². The molecule has 1 aliphatic rings. The van der Waals surface area contributed by atoms with Crippen LogP contribution in [0.2, 0.25) is 0 Å². The van der Waals surface area contributed by atoms with Gasteiger partial charge in [-0.15, -0.1) is 0 Å². The second kappa shape index (κ2) is 13.0. The molecule has 0 spiro atoms. The lowest BCUT2D eigenvalue weighted by molar-refractivity contribution is -0.139. The quantitative estimate of drug-likeness (QED) is 0.265. The largest absolute Gasteiger partial charge is 0.493 e. The highest BCUT2D eigenvalue weighted by Crippen LogP contribution is 2.36. The van der Waals surface area contributed by atoms with Crippen molar-refractivity contribution in [3.05, 3.63) is 120 Å². The predicted octanol–water partition coefficient (Wildman–Crippen LogP) is 4.09. The van der Waals surface area contributed by atoms with Gasteiger partial charge in [0.25, 0.3) is 5.56 Å². The van der Waals surface area contributed by atoms with Crippen LogP contribution in [0.3, 0.4) is 0 Å². The molecule has 3 aromatic carbocycles. The highest BCUT2D eigenvalue weighted by Gasteiger charge is 2.34. The van der Waals surface area contributed by atoms with Crippen LogP contribution in [0, 0.1) is 0 Å². The summed E-state index contributed by atoms with van der Waals surface area (Å²) in [5.41, 5.74) is 2.67. The van der Waals surface area contributed by atoms with E-state index < -0.39 is 18.0 Å². The third-order valence-electron chi connectivity index (χ3n) is 7.04. The van der Waals surface area contributed by atoms with Gasteiger partial charge in [0, 0.05) is 5.56 Å². The van der Waals surface area contributed by atoms with Crippen LogP contribution in [-0.4, -0.2) is 42.4 Å². The normalized spacial score (nSPS) is 14.5. The van der Waals surface area contributed by atoms with E-state index in [4.69, 9.17) is 24.1 Å². The molecule has 11 heteroatoms. The van der Waals surface area contributed by atoms with Crippen molar-refractivity contribution >= 4 is 29.4 Å². The second-order valence-electron chi connectivity index (χ2n) is 9.75. The fourth-order valence-electron chi connectivity index (χ4n) is 4.91. The minimum Gasteiger partial charge on any atom is -0.493 e. The fraction of sp³-hybridized carbons (Fsp3) is 0.212. The number of aromatic nitrogens is 1. The molecule has 5 rings (SSSR count). The number of hydrogen-bond acceptors (Lipinski definition) is 9. The number of carboxylic acid groups (broad SMARTS) is 1. The summed E-state index contributed by atoms with van der Waals surface area (Å²) in [4.78, 5) is 43.5. The molecule has 44 heavy (non-hydrogen) atoms. The number of ether oxygens (including phenoxy) is 4. The Kier molecular flexibility index (Phi) is 8.96. The van der Waals surface area contributed by atoms with E-state index in [0.717, 1.165) is 5.56 Å². The number of carbonyl (C=O) groups excluding carboxylic acids is 1. The first kappa shape index (κ1) is 30.3. The van der Waals surface area contributed by atoms with Crippen LogP contribution in [-0.2, 0) is 16.1 Å². The van der Waals surface area contributed by atoms with Crippen molar-refractivity contribution in [3.63, 3.8) is 0 Å². The average Bonchev–Trinajstić information content (AvgIpc) is 3.33. The zero-order valence-electron chi connectivity index (χ0n) is 24.5. The van der Waals surface area contributed by atoms with Crippen molar-refractivity contribution in [1.29, 1.82) is 0 Å². The summed E-state index contributed by atoms with van der Waals surface area (Å²) in [5, 5.41) is 9.14. The summed E-state index contributed by atoms with van der Waals surface area (Å²) in [7, 11) is 3.05. The molecule has 0 saturated carbocycles. The van der Waals surface area contributed by atoms with Gasteiger partial charge in [0.15, 0.2) is 16.3 Å². The van der Waals surface area contributed by atoms with E-state index in [1.807, 2.05) is 18.2 Å². The number of carboxylic acids is 1. The van der Waals surface area contributed by atoms with E-state index in [0.29, 0.717) is 43.4 Å². The van der Waals surface area contributed by atoms with Gasteiger partial charge < -0.3 is 24.1 Å². The molecule has 0 unspecified atom stereocenters. The molecule has 0 aliphatic carbocycles. The van der Waals surface area contributed by atoms with Crippen LogP contribution < -0.4 is 29.1 Å². The number of esters is 1. The highest BCUT2D eigenvalue weighted by molar-refractivity contribution is 7.07. The molecular formula is C33H30N2O8S. The topological polar surface area (TPSA) is 126 Å². The van der Waals surface area contributed by atoms with Gasteiger partial charge in [-0.3, -0.25) is 9.36 Å². The average molecular weight is 615 g/mol. The number of rotatable bonds is 10. The predicted molar refractivity (Wildman–Crippen MR) is 164 cm³/mol. The number of aromatic carboxylic acids is 1. The number of allylic oxidation sites excluding steroid dienone is 1. The lowest BCUT2D eigenvalue weighted by atomic mass is 9.95. The Balaban J connectivity index is 1.58. The minimum absolute atomic E-state index is 0.166. The number of benzene rings is 3. The van der Waals surface area contributed by atoms with E-state index in [1.165, 1.54) is 42.3 Å². The van der Waals surface area contributed by atoms with Gasteiger partial charge in [0.05, 0.1) is 48.2 Å². The van der Waals surface area contributed by atoms with Crippen LogP contribution in [0.4, 0.5) is 0 Å². The van der Waals surface area contributed by atoms with E-state index in [9.17, 15) is 14.4 Å². The lowest BCUT2D eigenvalue weighted by Crippen LogP contribution is -2.40. The van der Waals surface area contributed by atoms with Gasteiger partial charge >= 0.3 is 11.9 Å². The summed E-state index contributed by atoms with van der Waals surface area (Å²) in [6, 6.07) is 18.2. The Hall–Kier alpha value is -5.16. The molecule has 0 amide bonds. The minimum atomic E-state index is -0.998. The zero-order chi connectivity index (χ0) is 31.4. The highest BCUT2D eigenvalue weighted by atomic mass is 32.1.